The Balaban J connectivity index is 1.55. The van der Waals surface area contributed by atoms with Crippen LogP contribution in [0.2, 0.25) is 10.0 Å². The number of carbonyl (C=O) groups excluding carboxylic acids is 1. The van der Waals surface area contributed by atoms with Gasteiger partial charge in [-0.05, 0) is 48.5 Å². The van der Waals surface area contributed by atoms with Crippen LogP contribution in [0, 0.1) is 0 Å². The van der Waals surface area contributed by atoms with E-state index >= 15 is 0 Å². The van der Waals surface area contributed by atoms with E-state index in [0.29, 0.717) is 27.2 Å². The van der Waals surface area contributed by atoms with Crippen LogP contribution in [0.5, 0.6) is 0 Å². The summed E-state index contributed by atoms with van der Waals surface area (Å²) in [5, 5.41) is 10.4. The molecule has 3 N–H and O–H groups in total. The van der Waals surface area contributed by atoms with Gasteiger partial charge in [0.1, 0.15) is 12.1 Å². The average Bonchev–Trinajstić information content (AvgIpc) is 2.72. The fourth-order valence-corrected chi connectivity index (χ4v) is 3.06. The van der Waals surface area contributed by atoms with Gasteiger partial charge in [0.2, 0.25) is 0 Å². The molecule has 0 bridgehead atoms. The molecule has 1 aromatic heterocycles. The molecule has 0 saturated carbocycles. The molecule has 2 amide bonds. The molecular formula is C21H15Cl2N5O. The molecule has 144 valence electrons. The van der Waals surface area contributed by atoms with E-state index in [4.69, 9.17) is 23.2 Å². The van der Waals surface area contributed by atoms with Gasteiger partial charge in [-0.25, -0.2) is 14.8 Å². The van der Waals surface area contributed by atoms with Gasteiger partial charge in [0, 0.05) is 22.4 Å². The average molecular weight is 424 g/mol. The van der Waals surface area contributed by atoms with Crippen LogP contribution in [0.15, 0.2) is 73.1 Å². The van der Waals surface area contributed by atoms with Gasteiger partial charge in [0.25, 0.3) is 0 Å². The maximum absolute atomic E-state index is 12.3. The summed E-state index contributed by atoms with van der Waals surface area (Å²) < 4.78 is 0. The van der Waals surface area contributed by atoms with Crippen LogP contribution < -0.4 is 16.0 Å². The summed E-state index contributed by atoms with van der Waals surface area (Å²) >= 11 is 11.9. The molecule has 0 spiro atoms. The molecule has 29 heavy (non-hydrogen) atoms. The quantitative estimate of drug-likeness (QED) is 0.358. The number of anilines is 4. The molecule has 4 rings (SSSR count). The molecule has 3 aromatic carbocycles. The number of carbonyl (C=O) groups is 1. The molecule has 0 unspecified atom stereocenters. The lowest BCUT2D eigenvalue weighted by Gasteiger charge is -2.11. The maximum atomic E-state index is 12.3. The zero-order valence-electron chi connectivity index (χ0n) is 15.0. The van der Waals surface area contributed by atoms with Gasteiger partial charge in [0.15, 0.2) is 0 Å². The Morgan fingerprint density at radius 1 is 0.759 bits per heavy atom. The lowest BCUT2D eigenvalue weighted by atomic mass is 10.2. The van der Waals surface area contributed by atoms with Crippen molar-refractivity contribution in [2.45, 2.75) is 0 Å². The molecule has 6 nitrogen and oxygen atoms in total. The van der Waals surface area contributed by atoms with Gasteiger partial charge in [-0.2, -0.15) is 0 Å². The van der Waals surface area contributed by atoms with Crippen LogP contribution in [0.25, 0.3) is 10.9 Å². The standard InChI is InChI=1S/C21H15Cl2N5O/c22-17-8-6-15(11-18(17)23)28-21(29)27-14-7-9-19-16(10-14)20(25-12-24-19)26-13-4-2-1-3-5-13/h1-12H,(H,24,25,26)(H2,27,28,29). The van der Waals surface area contributed by atoms with Crippen LogP contribution in [0.4, 0.5) is 27.7 Å². The van der Waals surface area contributed by atoms with E-state index in [2.05, 4.69) is 25.9 Å². The minimum Gasteiger partial charge on any atom is -0.340 e. The van der Waals surface area contributed by atoms with Crippen molar-refractivity contribution < 1.29 is 4.79 Å². The van der Waals surface area contributed by atoms with Crippen molar-refractivity contribution in [1.29, 1.82) is 0 Å². The summed E-state index contributed by atoms with van der Waals surface area (Å²) in [6.45, 7) is 0. The van der Waals surface area contributed by atoms with Crippen molar-refractivity contribution in [3.8, 4) is 0 Å². The van der Waals surface area contributed by atoms with Gasteiger partial charge in [-0.3, -0.25) is 0 Å². The largest absolute Gasteiger partial charge is 0.340 e. The summed E-state index contributed by atoms with van der Waals surface area (Å²) in [7, 11) is 0. The van der Waals surface area contributed by atoms with E-state index in [1.54, 1.807) is 24.3 Å². The topological polar surface area (TPSA) is 78.9 Å². The SMILES string of the molecule is O=C(Nc1ccc(Cl)c(Cl)c1)Nc1ccc2ncnc(Nc3ccccc3)c2c1. The molecule has 0 atom stereocenters. The predicted octanol–water partition coefficient (Wildman–Crippen LogP) is 6.32. The van der Waals surface area contributed by atoms with Crippen LogP contribution >= 0.6 is 23.2 Å². The highest BCUT2D eigenvalue weighted by Crippen LogP contribution is 2.27. The van der Waals surface area contributed by atoms with E-state index < -0.39 is 6.03 Å². The van der Waals surface area contributed by atoms with E-state index in [9.17, 15) is 4.79 Å². The predicted molar refractivity (Wildman–Crippen MR) is 118 cm³/mol. The molecule has 0 fully saturated rings. The van der Waals surface area contributed by atoms with Crippen LogP contribution in [-0.4, -0.2) is 16.0 Å². The summed E-state index contributed by atoms with van der Waals surface area (Å²) in [4.78, 5) is 21.0. The molecule has 1 heterocycles. The van der Waals surface area contributed by atoms with Gasteiger partial charge in [0.05, 0.1) is 15.6 Å². The highest BCUT2D eigenvalue weighted by atomic mass is 35.5. The number of para-hydroxylation sites is 1. The number of nitrogens with one attached hydrogen (secondary N) is 3. The van der Waals surface area contributed by atoms with E-state index in [1.165, 1.54) is 6.33 Å². The number of fused-ring (bicyclic) bond motifs is 1. The van der Waals surface area contributed by atoms with E-state index in [1.807, 2.05) is 42.5 Å². The number of aromatic nitrogens is 2. The van der Waals surface area contributed by atoms with Crippen molar-refractivity contribution in [2.75, 3.05) is 16.0 Å². The molecule has 0 saturated heterocycles. The van der Waals surface area contributed by atoms with Crippen molar-refractivity contribution in [3.05, 3.63) is 83.1 Å². The minimum absolute atomic E-state index is 0.365. The molecule has 0 aliphatic rings. The number of hydrogen-bond donors (Lipinski definition) is 3. The Kier molecular flexibility index (Phi) is 5.46. The zero-order chi connectivity index (χ0) is 20.2. The smallest absolute Gasteiger partial charge is 0.323 e. The zero-order valence-corrected chi connectivity index (χ0v) is 16.5. The number of urea groups is 1. The minimum atomic E-state index is -0.405. The lowest BCUT2D eigenvalue weighted by molar-refractivity contribution is 0.262. The maximum Gasteiger partial charge on any atom is 0.323 e. The summed E-state index contributed by atoms with van der Waals surface area (Å²) in [6.07, 6.45) is 1.50. The second-order valence-electron chi connectivity index (χ2n) is 6.15. The number of nitrogens with zero attached hydrogens (tertiary/aromatic N) is 2. The van der Waals surface area contributed by atoms with Gasteiger partial charge >= 0.3 is 6.03 Å². The van der Waals surface area contributed by atoms with Crippen LogP contribution in [0.1, 0.15) is 0 Å². The first kappa shape index (κ1) is 19.0. The van der Waals surface area contributed by atoms with Gasteiger partial charge in [-0.15, -0.1) is 0 Å². The molecule has 8 heteroatoms. The fourth-order valence-electron chi connectivity index (χ4n) is 2.76. The highest BCUT2D eigenvalue weighted by molar-refractivity contribution is 6.42. The third-order valence-electron chi connectivity index (χ3n) is 4.11. The molecule has 0 aliphatic heterocycles. The van der Waals surface area contributed by atoms with Crippen LogP contribution in [-0.2, 0) is 0 Å². The number of hydrogen-bond acceptors (Lipinski definition) is 4. The van der Waals surface area contributed by atoms with Gasteiger partial charge < -0.3 is 16.0 Å². The second kappa shape index (κ2) is 8.34. The number of amides is 2. The summed E-state index contributed by atoms with van der Waals surface area (Å²) in [5.41, 5.74) is 2.80. The van der Waals surface area contributed by atoms with E-state index in [0.717, 1.165) is 16.6 Å². The monoisotopic (exact) mass is 423 g/mol. The van der Waals surface area contributed by atoms with Crippen LogP contribution in [0.3, 0.4) is 0 Å². The molecule has 0 aliphatic carbocycles. The first-order valence-electron chi connectivity index (χ1n) is 8.68. The number of benzene rings is 3. The first-order chi connectivity index (χ1) is 14.1. The summed E-state index contributed by atoms with van der Waals surface area (Å²) in [5.74, 6) is 0.648. The van der Waals surface area contributed by atoms with E-state index in [-0.39, 0.29) is 0 Å². The Hall–Kier alpha value is -3.35. The fraction of sp³-hybridized carbons (Fsp3) is 0. The van der Waals surface area contributed by atoms with Crippen molar-refractivity contribution in [2.24, 2.45) is 0 Å². The van der Waals surface area contributed by atoms with Crippen molar-refractivity contribution >= 4 is 63.0 Å². The Morgan fingerprint density at radius 2 is 1.48 bits per heavy atom. The summed E-state index contributed by atoms with van der Waals surface area (Å²) in [6, 6.07) is 19.6. The lowest BCUT2D eigenvalue weighted by Crippen LogP contribution is -2.19. The molecule has 4 aromatic rings. The third kappa shape index (κ3) is 4.56. The van der Waals surface area contributed by atoms with Crippen molar-refractivity contribution in [3.63, 3.8) is 0 Å². The molecule has 0 radical (unpaired) electrons. The second-order valence-corrected chi connectivity index (χ2v) is 6.97. The first-order valence-corrected chi connectivity index (χ1v) is 9.44. The van der Waals surface area contributed by atoms with Gasteiger partial charge in [-0.1, -0.05) is 41.4 Å². The Labute approximate surface area is 176 Å². The normalized spacial score (nSPS) is 10.6. The Morgan fingerprint density at radius 3 is 2.24 bits per heavy atom. The van der Waals surface area contributed by atoms with Crippen molar-refractivity contribution in [1.82, 2.24) is 9.97 Å². The number of rotatable bonds is 4. The number of halogens is 2. The Bertz CT molecular complexity index is 1180. The molecular weight excluding hydrogens is 409 g/mol. The highest BCUT2D eigenvalue weighted by Gasteiger charge is 2.09. The third-order valence-corrected chi connectivity index (χ3v) is 4.85.